The third-order valence-corrected chi connectivity index (χ3v) is 13.7. The van der Waals surface area contributed by atoms with Crippen molar-refractivity contribution in [3.8, 4) is 0 Å². The van der Waals surface area contributed by atoms with E-state index in [9.17, 15) is 9.59 Å². The van der Waals surface area contributed by atoms with E-state index < -0.39 is 11.1 Å². The van der Waals surface area contributed by atoms with Crippen LogP contribution >= 0.6 is 0 Å². The first-order valence-electron chi connectivity index (χ1n) is 14.2. The number of epoxide rings is 1. The fourth-order valence-corrected chi connectivity index (χ4v) is 11.4. The van der Waals surface area contributed by atoms with Crippen molar-refractivity contribution < 1.29 is 14.3 Å². The molecule has 6 rings (SSSR count). The highest BCUT2D eigenvalue weighted by molar-refractivity contribution is 5.98. The summed E-state index contributed by atoms with van der Waals surface area (Å²) in [5.74, 6) is 1.34. The van der Waals surface area contributed by atoms with Crippen LogP contribution in [-0.2, 0) is 14.3 Å². The van der Waals surface area contributed by atoms with E-state index in [2.05, 4.69) is 46.4 Å². The number of hydrogen-bond acceptors (Lipinski definition) is 3. The molecule has 0 aromatic heterocycles. The molecule has 0 bridgehead atoms. The number of hydrogen-bond donors (Lipinski definition) is 0. The molecule has 5 aliphatic carbocycles. The lowest BCUT2D eigenvalue weighted by molar-refractivity contribution is -0.232. The van der Waals surface area contributed by atoms with Crippen molar-refractivity contribution in [2.75, 3.05) is 0 Å². The van der Waals surface area contributed by atoms with Crippen LogP contribution in [0.1, 0.15) is 107 Å². The first-order chi connectivity index (χ1) is 16.0. The number of carbonyl (C=O) groups excluding carboxylic acids is 2. The number of ether oxygens (including phenoxy) is 1. The summed E-state index contributed by atoms with van der Waals surface area (Å²) in [6, 6.07) is 0. The van der Waals surface area contributed by atoms with Crippen LogP contribution in [0.3, 0.4) is 0 Å². The SMILES string of the molecule is [C-]#[N+][C@@]12O[C@@H]1[C@]1(C)[C@H]3CC(=O)[C@@H]4[C@@H]5CC(C)(C)CC[C@]5(C)CC[C@@]4(C)[C@]3(C)CC[C@H]1C(C)(C)C2=O. The zero-order chi connectivity index (χ0) is 25.6. The lowest BCUT2D eigenvalue weighted by atomic mass is 9.31. The van der Waals surface area contributed by atoms with Gasteiger partial charge in [0.2, 0.25) is 0 Å². The quantitative estimate of drug-likeness (QED) is 0.281. The molecule has 6 fully saturated rings. The first kappa shape index (κ1) is 24.1. The van der Waals surface area contributed by atoms with Gasteiger partial charge in [0.15, 0.2) is 6.10 Å². The molecule has 1 aliphatic heterocycles. The smallest absolute Gasteiger partial charge is 0.299 e. The van der Waals surface area contributed by atoms with Crippen LogP contribution in [0.4, 0.5) is 0 Å². The van der Waals surface area contributed by atoms with E-state index in [-0.39, 0.29) is 51.3 Å². The Kier molecular flexibility index (Phi) is 4.44. The second-order valence-electron chi connectivity index (χ2n) is 16.0. The summed E-state index contributed by atoms with van der Waals surface area (Å²) in [4.78, 5) is 31.7. The number of carbonyl (C=O) groups is 2. The van der Waals surface area contributed by atoms with E-state index in [0.29, 0.717) is 23.5 Å². The number of rotatable bonds is 0. The van der Waals surface area contributed by atoms with Crippen molar-refractivity contribution in [2.24, 2.45) is 56.2 Å². The Balaban J connectivity index is 1.46. The fraction of sp³-hybridized carbons (Fsp3) is 0.903. The Morgan fingerprint density at radius 2 is 1.51 bits per heavy atom. The molecule has 0 radical (unpaired) electrons. The van der Waals surface area contributed by atoms with Gasteiger partial charge < -0.3 is 0 Å². The van der Waals surface area contributed by atoms with Crippen LogP contribution in [0.5, 0.6) is 0 Å². The molecule has 1 saturated heterocycles. The maximum Gasteiger partial charge on any atom is 0.424 e. The second kappa shape index (κ2) is 6.43. The van der Waals surface area contributed by atoms with Crippen LogP contribution in [0.15, 0.2) is 0 Å². The molecule has 10 atom stereocenters. The number of Topliss-reactive ketones (excluding diaryl/α,β-unsaturated/α-hetero) is 2. The van der Waals surface area contributed by atoms with Gasteiger partial charge in [-0.2, -0.15) is 0 Å². The van der Waals surface area contributed by atoms with Gasteiger partial charge in [-0.3, -0.25) is 19.2 Å². The fourth-order valence-electron chi connectivity index (χ4n) is 11.4. The van der Waals surface area contributed by atoms with Crippen molar-refractivity contribution in [1.29, 1.82) is 0 Å². The van der Waals surface area contributed by atoms with Gasteiger partial charge >= 0.3 is 5.72 Å². The van der Waals surface area contributed by atoms with Crippen LogP contribution in [-0.4, -0.2) is 23.4 Å². The Morgan fingerprint density at radius 1 is 0.857 bits per heavy atom. The average Bonchev–Trinajstić information content (AvgIpc) is 3.52. The second-order valence-corrected chi connectivity index (χ2v) is 16.0. The minimum Gasteiger partial charge on any atom is -0.299 e. The molecular weight excluding hydrogens is 434 g/mol. The number of ketones is 2. The molecule has 1 heterocycles. The van der Waals surface area contributed by atoms with Crippen molar-refractivity contribution >= 4 is 11.6 Å². The molecule has 6 aliphatic rings. The van der Waals surface area contributed by atoms with E-state index in [4.69, 9.17) is 11.3 Å². The normalized spacial score (nSPS) is 57.5. The van der Waals surface area contributed by atoms with Gasteiger partial charge in [-0.25, -0.2) is 6.57 Å². The van der Waals surface area contributed by atoms with E-state index in [0.717, 1.165) is 25.7 Å². The number of fused-ring (bicyclic) bond motifs is 9. The standard InChI is InChI=1S/C31H45NO3/c1-25(2)12-13-27(5)14-15-29(7)22(18(27)17-25)19(33)16-21-28(29,6)11-10-20-26(3,4)23(34)31(32-9)24(35-31)30(20,21)8/h18,20-22,24H,10-17H2,1-8H3/t18-,20-,21-,22-,24+,27+,28+,29+,30-,31-/m0/s1. The largest absolute Gasteiger partial charge is 0.424 e. The Morgan fingerprint density at radius 3 is 2.17 bits per heavy atom. The third-order valence-electron chi connectivity index (χ3n) is 13.7. The van der Waals surface area contributed by atoms with Gasteiger partial charge in [0, 0.05) is 23.2 Å². The lowest BCUT2D eigenvalue weighted by Gasteiger charge is -2.71. The van der Waals surface area contributed by atoms with Gasteiger partial charge in [0.25, 0.3) is 5.78 Å². The first-order valence-corrected chi connectivity index (χ1v) is 14.2. The summed E-state index contributed by atoms with van der Waals surface area (Å²) in [6.45, 7) is 26.5. The molecule has 5 saturated carbocycles. The minimum atomic E-state index is -1.31. The highest BCUT2D eigenvalue weighted by Gasteiger charge is 2.88. The van der Waals surface area contributed by atoms with E-state index in [1.54, 1.807) is 0 Å². The summed E-state index contributed by atoms with van der Waals surface area (Å²) >= 11 is 0. The summed E-state index contributed by atoms with van der Waals surface area (Å²) < 4.78 is 6.15. The molecule has 0 unspecified atom stereocenters. The molecule has 4 nitrogen and oxygen atoms in total. The predicted octanol–water partition coefficient (Wildman–Crippen LogP) is 6.87. The average molecular weight is 480 g/mol. The Labute approximate surface area is 212 Å². The van der Waals surface area contributed by atoms with Crippen LogP contribution in [0.25, 0.3) is 4.85 Å². The monoisotopic (exact) mass is 479 g/mol. The molecule has 0 amide bonds. The third kappa shape index (κ3) is 2.53. The van der Waals surface area contributed by atoms with Crippen LogP contribution < -0.4 is 0 Å². The Bertz CT molecular complexity index is 1070. The van der Waals surface area contributed by atoms with Gasteiger partial charge in [-0.1, -0.05) is 55.4 Å². The molecule has 192 valence electrons. The van der Waals surface area contributed by atoms with Crippen molar-refractivity contribution in [2.45, 2.75) is 119 Å². The summed E-state index contributed by atoms with van der Waals surface area (Å²) in [5.41, 5.74) is -1.70. The summed E-state index contributed by atoms with van der Waals surface area (Å²) in [5, 5.41) is 0. The van der Waals surface area contributed by atoms with Gasteiger partial charge in [0.05, 0.1) is 0 Å². The van der Waals surface area contributed by atoms with Crippen molar-refractivity contribution in [1.82, 2.24) is 0 Å². The topological polar surface area (TPSA) is 51.0 Å². The number of nitrogens with zero attached hydrogens (tertiary/aromatic N) is 1. The highest BCUT2D eigenvalue weighted by Crippen LogP contribution is 2.79. The van der Waals surface area contributed by atoms with E-state index >= 15 is 0 Å². The zero-order valence-corrected chi connectivity index (χ0v) is 23.2. The molecule has 0 aromatic rings. The molecule has 0 N–H and O–H groups in total. The summed E-state index contributed by atoms with van der Waals surface area (Å²) in [6.07, 6.45) is 8.28. The van der Waals surface area contributed by atoms with E-state index in [1.807, 2.05) is 13.8 Å². The highest BCUT2D eigenvalue weighted by atomic mass is 16.6. The maximum absolute atomic E-state index is 14.4. The van der Waals surface area contributed by atoms with Crippen molar-refractivity contribution in [3.05, 3.63) is 11.4 Å². The predicted molar refractivity (Wildman–Crippen MR) is 135 cm³/mol. The molecular formula is C31H45NO3. The van der Waals surface area contributed by atoms with E-state index in [1.165, 1.54) is 19.3 Å². The van der Waals surface area contributed by atoms with Gasteiger partial charge in [-0.15, -0.1) is 0 Å². The van der Waals surface area contributed by atoms with Gasteiger partial charge in [0.1, 0.15) is 5.78 Å². The maximum atomic E-state index is 14.4. The minimum absolute atomic E-state index is 0.00985. The molecule has 35 heavy (non-hydrogen) atoms. The molecule has 4 heteroatoms. The Hall–Kier alpha value is -1.21. The van der Waals surface area contributed by atoms with Crippen LogP contribution in [0.2, 0.25) is 0 Å². The zero-order valence-electron chi connectivity index (χ0n) is 23.2. The summed E-state index contributed by atoms with van der Waals surface area (Å²) in [7, 11) is 0. The molecule has 0 spiro atoms. The van der Waals surface area contributed by atoms with Gasteiger partial charge in [-0.05, 0) is 84.4 Å². The van der Waals surface area contributed by atoms with Crippen LogP contribution in [0, 0.1) is 62.7 Å². The lowest BCUT2D eigenvalue weighted by Crippen LogP contribution is -2.70. The molecule has 0 aromatic carbocycles. The van der Waals surface area contributed by atoms with Crippen molar-refractivity contribution in [3.63, 3.8) is 0 Å².